The summed E-state index contributed by atoms with van der Waals surface area (Å²) in [5.41, 5.74) is 1.21. The van der Waals surface area contributed by atoms with Crippen LogP contribution < -0.4 is 5.32 Å². The second-order valence-corrected chi connectivity index (χ2v) is 6.17. The summed E-state index contributed by atoms with van der Waals surface area (Å²) in [6, 6.07) is 0.641. The molecule has 2 rings (SSSR count). The largest absolute Gasteiger partial charge is 0.314 e. The van der Waals surface area contributed by atoms with Gasteiger partial charge in [-0.1, -0.05) is 19.8 Å². The molecule has 16 heavy (non-hydrogen) atoms. The van der Waals surface area contributed by atoms with Gasteiger partial charge < -0.3 is 5.32 Å². The molecule has 1 aliphatic carbocycles. The summed E-state index contributed by atoms with van der Waals surface area (Å²) in [6.07, 6.45) is 5.34. The summed E-state index contributed by atoms with van der Waals surface area (Å²) >= 11 is 1.86. The minimum absolute atomic E-state index is 0.641. The van der Waals surface area contributed by atoms with Gasteiger partial charge in [-0.15, -0.1) is 11.3 Å². The molecular formula is C13H22N2S. The molecule has 0 spiro atoms. The van der Waals surface area contributed by atoms with Crippen molar-refractivity contribution in [1.29, 1.82) is 0 Å². The zero-order valence-corrected chi connectivity index (χ0v) is 11.4. The van der Waals surface area contributed by atoms with Gasteiger partial charge in [0.15, 0.2) is 0 Å². The third-order valence-electron chi connectivity index (χ3n) is 3.30. The fourth-order valence-corrected chi connectivity index (χ4v) is 3.13. The van der Waals surface area contributed by atoms with Crippen molar-refractivity contribution >= 4 is 11.3 Å². The Kier molecular flexibility index (Phi) is 3.98. The summed E-state index contributed by atoms with van der Waals surface area (Å²) in [7, 11) is 0. The van der Waals surface area contributed by atoms with Crippen molar-refractivity contribution in [2.75, 3.05) is 6.54 Å². The zero-order valence-electron chi connectivity index (χ0n) is 10.5. The molecule has 0 saturated heterocycles. The predicted molar refractivity (Wildman–Crippen MR) is 70.1 cm³/mol. The van der Waals surface area contributed by atoms with Gasteiger partial charge in [0.1, 0.15) is 0 Å². The number of rotatable bonds is 6. The van der Waals surface area contributed by atoms with E-state index < -0.39 is 0 Å². The molecule has 0 bridgehead atoms. The minimum atomic E-state index is 0.641. The Bertz CT molecular complexity index is 322. The average Bonchev–Trinajstić information content (AvgIpc) is 2.96. The highest BCUT2D eigenvalue weighted by Crippen LogP contribution is 2.34. The van der Waals surface area contributed by atoms with Crippen LogP contribution in [0.25, 0.3) is 0 Å². The highest BCUT2D eigenvalue weighted by atomic mass is 32.1. The number of nitrogens with zero attached hydrogens (tertiary/aromatic N) is 1. The van der Waals surface area contributed by atoms with E-state index >= 15 is 0 Å². The third-order valence-corrected chi connectivity index (χ3v) is 4.40. The van der Waals surface area contributed by atoms with E-state index in [0.717, 1.165) is 18.9 Å². The lowest BCUT2D eigenvalue weighted by atomic mass is 10.1. The molecule has 1 heterocycles. The molecule has 1 saturated carbocycles. The maximum absolute atomic E-state index is 4.64. The van der Waals surface area contributed by atoms with Crippen LogP contribution in [0.3, 0.4) is 0 Å². The smallest absolute Gasteiger partial charge is 0.0946 e. The molecule has 1 unspecified atom stereocenters. The lowest BCUT2D eigenvalue weighted by molar-refractivity contribution is 0.465. The van der Waals surface area contributed by atoms with Crippen LogP contribution in [0.2, 0.25) is 0 Å². The summed E-state index contributed by atoms with van der Waals surface area (Å²) in [5, 5.41) is 4.90. The Morgan fingerprint density at radius 3 is 2.69 bits per heavy atom. The van der Waals surface area contributed by atoms with E-state index in [-0.39, 0.29) is 0 Å². The van der Waals surface area contributed by atoms with Gasteiger partial charge in [0.05, 0.1) is 10.7 Å². The normalized spacial score (nSPS) is 17.7. The number of hydrogen-bond donors (Lipinski definition) is 1. The van der Waals surface area contributed by atoms with Crippen molar-refractivity contribution in [1.82, 2.24) is 10.3 Å². The number of aromatic nitrogens is 1. The monoisotopic (exact) mass is 238 g/mol. The SMILES string of the molecule is CCNC(Cc1nc(C)c(C)s1)CC1CC1. The number of nitrogens with one attached hydrogen (secondary N) is 1. The Morgan fingerprint density at radius 1 is 1.44 bits per heavy atom. The van der Waals surface area contributed by atoms with Gasteiger partial charge in [-0.05, 0) is 32.7 Å². The molecule has 0 aliphatic heterocycles. The Hall–Kier alpha value is -0.410. The maximum Gasteiger partial charge on any atom is 0.0946 e. The lowest BCUT2D eigenvalue weighted by Gasteiger charge is -2.15. The minimum Gasteiger partial charge on any atom is -0.314 e. The van der Waals surface area contributed by atoms with Crippen molar-refractivity contribution in [3.05, 3.63) is 15.6 Å². The lowest BCUT2D eigenvalue weighted by Crippen LogP contribution is -2.31. The van der Waals surface area contributed by atoms with Gasteiger partial charge in [-0.25, -0.2) is 4.98 Å². The van der Waals surface area contributed by atoms with Crippen molar-refractivity contribution in [3.8, 4) is 0 Å². The summed E-state index contributed by atoms with van der Waals surface area (Å²) in [4.78, 5) is 6.01. The van der Waals surface area contributed by atoms with Crippen LogP contribution in [0.1, 0.15) is 41.8 Å². The summed E-state index contributed by atoms with van der Waals surface area (Å²) in [5.74, 6) is 0.992. The van der Waals surface area contributed by atoms with E-state index in [4.69, 9.17) is 0 Å². The molecule has 1 fully saturated rings. The Morgan fingerprint density at radius 2 is 2.19 bits per heavy atom. The second kappa shape index (κ2) is 5.28. The van der Waals surface area contributed by atoms with Crippen molar-refractivity contribution < 1.29 is 0 Å². The quantitative estimate of drug-likeness (QED) is 0.824. The predicted octanol–water partition coefficient (Wildman–Crippen LogP) is 3.08. The van der Waals surface area contributed by atoms with E-state index in [9.17, 15) is 0 Å². The Balaban J connectivity index is 1.92. The molecule has 1 N–H and O–H groups in total. The molecule has 0 aromatic carbocycles. The third kappa shape index (κ3) is 3.29. The van der Waals surface area contributed by atoms with Gasteiger partial charge in [0, 0.05) is 17.3 Å². The van der Waals surface area contributed by atoms with Gasteiger partial charge in [-0.3, -0.25) is 0 Å². The number of thiazole rings is 1. The number of aryl methyl sites for hydroxylation is 2. The summed E-state index contributed by atoms with van der Waals surface area (Å²) < 4.78 is 0. The Labute approximate surface area is 102 Å². The molecule has 1 aliphatic rings. The van der Waals surface area contributed by atoms with Crippen LogP contribution in [-0.2, 0) is 6.42 Å². The molecule has 1 atom stereocenters. The molecular weight excluding hydrogens is 216 g/mol. The van der Waals surface area contributed by atoms with Gasteiger partial charge in [0.25, 0.3) is 0 Å². The molecule has 0 radical (unpaired) electrons. The molecule has 0 amide bonds. The standard InChI is InChI=1S/C13H22N2S/c1-4-14-12(7-11-5-6-11)8-13-15-9(2)10(3)16-13/h11-12,14H,4-8H2,1-3H3. The first-order chi connectivity index (χ1) is 7.69. The van der Waals surface area contributed by atoms with Crippen LogP contribution in [0.5, 0.6) is 0 Å². The van der Waals surface area contributed by atoms with E-state index in [2.05, 4.69) is 31.1 Å². The van der Waals surface area contributed by atoms with Crippen LogP contribution in [0.4, 0.5) is 0 Å². The molecule has 1 aromatic rings. The highest BCUT2D eigenvalue weighted by molar-refractivity contribution is 7.11. The van der Waals surface area contributed by atoms with Crippen molar-refractivity contribution in [2.24, 2.45) is 5.92 Å². The number of likely N-dealkylation sites (N-methyl/N-ethyl adjacent to an activating group) is 1. The van der Waals surface area contributed by atoms with Crippen molar-refractivity contribution in [3.63, 3.8) is 0 Å². The first-order valence-electron chi connectivity index (χ1n) is 6.35. The van der Waals surface area contributed by atoms with Gasteiger partial charge >= 0.3 is 0 Å². The zero-order chi connectivity index (χ0) is 11.5. The van der Waals surface area contributed by atoms with E-state index in [1.807, 2.05) is 11.3 Å². The van der Waals surface area contributed by atoms with E-state index in [1.165, 1.54) is 34.8 Å². The maximum atomic E-state index is 4.64. The van der Waals surface area contributed by atoms with E-state index in [0.29, 0.717) is 6.04 Å². The number of hydrogen-bond acceptors (Lipinski definition) is 3. The second-order valence-electron chi connectivity index (χ2n) is 4.89. The average molecular weight is 238 g/mol. The summed E-state index contributed by atoms with van der Waals surface area (Å²) in [6.45, 7) is 7.54. The fourth-order valence-electron chi connectivity index (χ4n) is 2.12. The molecule has 3 heteroatoms. The first-order valence-corrected chi connectivity index (χ1v) is 7.17. The van der Waals surface area contributed by atoms with Crippen molar-refractivity contribution in [2.45, 2.75) is 52.5 Å². The van der Waals surface area contributed by atoms with Crippen LogP contribution >= 0.6 is 11.3 Å². The first kappa shape index (κ1) is 12.1. The van der Waals surface area contributed by atoms with Crippen LogP contribution in [0.15, 0.2) is 0 Å². The van der Waals surface area contributed by atoms with Gasteiger partial charge in [-0.2, -0.15) is 0 Å². The topological polar surface area (TPSA) is 24.9 Å². The fraction of sp³-hybridized carbons (Fsp3) is 0.769. The molecule has 2 nitrogen and oxygen atoms in total. The van der Waals surface area contributed by atoms with Crippen LogP contribution in [0, 0.1) is 19.8 Å². The molecule has 90 valence electrons. The van der Waals surface area contributed by atoms with E-state index in [1.54, 1.807) is 0 Å². The van der Waals surface area contributed by atoms with Gasteiger partial charge in [0.2, 0.25) is 0 Å². The molecule has 1 aromatic heterocycles. The highest BCUT2D eigenvalue weighted by Gasteiger charge is 2.25. The van der Waals surface area contributed by atoms with Crippen LogP contribution in [-0.4, -0.2) is 17.6 Å².